The molecule has 0 aliphatic rings. The molecular formula is C20H17ClN4O4. The first-order valence-electron chi connectivity index (χ1n) is 8.51. The highest BCUT2D eigenvalue weighted by molar-refractivity contribution is 6.31. The first-order valence-corrected chi connectivity index (χ1v) is 8.89. The average Bonchev–Trinajstić information content (AvgIpc) is 2.74. The van der Waals surface area contributed by atoms with Gasteiger partial charge in [0.25, 0.3) is 0 Å². The Kier molecular flexibility index (Phi) is 6.59. The number of methoxy groups -OCH3 is 1. The van der Waals surface area contributed by atoms with E-state index in [-0.39, 0.29) is 11.5 Å². The normalized spacial score (nSPS) is 10.7. The number of halogens is 1. The minimum absolute atomic E-state index is 0.0559. The van der Waals surface area contributed by atoms with Crippen LogP contribution in [-0.2, 0) is 6.61 Å². The predicted octanol–water partition coefficient (Wildman–Crippen LogP) is 4.68. The third-order valence-corrected chi connectivity index (χ3v) is 4.26. The summed E-state index contributed by atoms with van der Waals surface area (Å²) in [6.07, 6.45) is 2.94. The first-order chi connectivity index (χ1) is 14.1. The van der Waals surface area contributed by atoms with Crippen LogP contribution in [0.25, 0.3) is 0 Å². The smallest absolute Gasteiger partial charge is 0.313 e. The minimum atomic E-state index is -0.529. The summed E-state index contributed by atoms with van der Waals surface area (Å²) in [5.74, 6) is 1.13. The molecule has 0 aliphatic heterocycles. The van der Waals surface area contributed by atoms with Gasteiger partial charge in [-0.25, -0.2) is 4.98 Å². The van der Waals surface area contributed by atoms with Gasteiger partial charge in [-0.3, -0.25) is 15.5 Å². The van der Waals surface area contributed by atoms with Crippen LogP contribution in [0.4, 0.5) is 11.5 Å². The predicted molar refractivity (Wildman–Crippen MR) is 111 cm³/mol. The molecule has 0 atom stereocenters. The quantitative estimate of drug-likeness (QED) is 0.327. The molecular weight excluding hydrogens is 396 g/mol. The summed E-state index contributed by atoms with van der Waals surface area (Å²) in [5.41, 5.74) is 3.99. The molecule has 2 aromatic carbocycles. The first kappa shape index (κ1) is 20.1. The molecule has 0 radical (unpaired) electrons. The lowest BCUT2D eigenvalue weighted by atomic mass is 10.2. The van der Waals surface area contributed by atoms with E-state index in [0.29, 0.717) is 28.7 Å². The fourth-order valence-electron chi connectivity index (χ4n) is 2.45. The van der Waals surface area contributed by atoms with Gasteiger partial charge in [0.05, 0.1) is 18.2 Å². The summed E-state index contributed by atoms with van der Waals surface area (Å²) >= 11 is 6.14. The number of nitro groups is 1. The van der Waals surface area contributed by atoms with Crippen molar-refractivity contribution < 1.29 is 14.4 Å². The number of hydrogen-bond acceptors (Lipinski definition) is 7. The molecule has 1 N–H and O–H groups in total. The van der Waals surface area contributed by atoms with Gasteiger partial charge < -0.3 is 9.47 Å². The Labute approximate surface area is 171 Å². The molecule has 3 rings (SSSR count). The maximum atomic E-state index is 11.0. The van der Waals surface area contributed by atoms with Crippen LogP contribution in [0.15, 0.2) is 65.9 Å². The van der Waals surface area contributed by atoms with E-state index in [9.17, 15) is 10.1 Å². The number of rotatable bonds is 8. The number of aromatic nitrogens is 1. The number of anilines is 1. The van der Waals surface area contributed by atoms with Crippen LogP contribution in [0.1, 0.15) is 11.1 Å². The van der Waals surface area contributed by atoms with Crippen molar-refractivity contribution in [3.63, 3.8) is 0 Å². The van der Waals surface area contributed by atoms with Gasteiger partial charge >= 0.3 is 5.69 Å². The van der Waals surface area contributed by atoms with Crippen LogP contribution in [0.3, 0.4) is 0 Å². The van der Waals surface area contributed by atoms with Crippen molar-refractivity contribution in [2.45, 2.75) is 6.61 Å². The van der Waals surface area contributed by atoms with Crippen molar-refractivity contribution in [1.82, 2.24) is 4.98 Å². The van der Waals surface area contributed by atoms with Crippen molar-refractivity contribution in [3.8, 4) is 11.5 Å². The van der Waals surface area contributed by atoms with Gasteiger partial charge in [-0.15, -0.1) is 0 Å². The van der Waals surface area contributed by atoms with Gasteiger partial charge in [0, 0.05) is 22.8 Å². The standard InChI is InChI=1S/C20H17ClN4O4/c1-28-19-11-14(12-23-24-20-17(25(26)27)7-4-10-22-20)8-9-18(19)29-13-15-5-2-3-6-16(15)21/h2-12H,13H2,1H3,(H,22,24)/b23-12-. The fraction of sp³-hybridized carbons (Fsp3) is 0.100. The van der Waals surface area contributed by atoms with Crippen molar-refractivity contribution in [2.24, 2.45) is 5.10 Å². The number of nitrogens with one attached hydrogen (secondary N) is 1. The molecule has 9 heteroatoms. The zero-order valence-corrected chi connectivity index (χ0v) is 16.2. The van der Waals surface area contributed by atoms with Gasteiger partial charge in [0.15, 0.2) is 11.5 Å². The zero-order chi connectivity index (χ0) is 20.6. The Hall–Kier alpha value is -3.65. The topological polar surface area (TPSA) is 98.9 Å². The molecule has 1 aromatic heterocycles. The molecule has 3 aromatic rings. The van der Waals surface area contributed by atoms with Crippen molar-refractivity contribution in [3.05, 3.63) is 87.1 Å². The second-order valence-corrected chi connectivity index (χ2v) is 6.20. The Morgan fingerprint density at radius 1 is 1.21 bits per heavy atom. The third-order valence-electron chi connectivity index (χ3n) is 3.90. The highest BCUT2D eigenvalue weighted by Crippen LogP contribution is 2.29. The lowest BCUT2D eigenvalue weighted by molar-refractivity contribution is -0.384. The molecule has 0 unspecified atom stereocenters. The van der Waals surface area contributed by atoms with E-state index in [1.807, 2.05) is 18.2 Å². The maximum absolute atomic E-state index is 11.0. The average molecular weight is 413 g/mol. The fourth-order valence-corrected chi connectivity index (χ4v) is 2.64. The van der Waals surface area contributed by atoms with Gasteiger partial charge in [-0.1, -0.05) is 29.8 Å². The second-order valence-electron chi connectivity index (χ2n) is 5.79. The summed E-state index contributed by atoms with van der Waals surface area (Å²) in [6.45, 7) is 0.300. The van der Waals surface area contributed by atoms with Gasteiger partial charge in [0.1, 0.15) is 6.61 Å². The number of hydrogen-bond donors (Lipinski definition) is 1. The molecule has 148 valence electrons. The van der Waals surface area contributed by atoms with E-state index >= 15 is 0 Å². The van der Waals surface area contributed by atoms with Crippen molar-refractivity contribution in [2.75, 3.05) is 12.5 Å². The summed E-state index contributed by atoms with van der Waals surface area (Å²) in [5, 5.41) is 15.6. The van der Waals surface area contributed by atoms with Crippen molar-refractivity contribution in [1.29, 1.82) is 0 Å². The van der Waals surface area contributed by atoms with Crippen LogP contribution < -0.4 is 14.9 Å². The molecule has 0 amide bonds. The monoisotopic (exact) mass is 412 g/mol. The van der Waals surface area contributed by atoms with E-state index < -0.39 is 4.92 Å². The van der Waals surface area contributed by atoms with Crippen LogP contribution in [0, 0.1) is 10.1 Å². The van der Waals surface area contributed by atoms with E-state index in [1.165, 1.54) is 31.7 Å². The number of ether oxygens (including phenoxy) is 2. The summed E-state index contributed by atoms with van der Waals surface area (Å²) in [7, 11) is 1.54. The highest BCUT2D eigenvalue weighted by atomic mass is 35.5. The molecule has 29 heavy (non-hydrogen) atoms. The Morgan fingerprint density at radius 2 is 2.03 bits per heavy atom. The van der Waals surface area contributed by atoms with Gasteiger partial charge in [-0.2, -0.15) is 5.10 Å². The SMILES string of the molecule is COc1cc(/C=N\Nc2ncccc2[N+](=O)[O-])ccc1OCc1ccccc1Cl. The number of pyridine rings is 1. The lowest BCUT2D eigenvalue weighted by Crippen LogP contribution is -2.00. The largest absolute Gasteiger partial charge is 0.493 e. The van der Waals surface area contributed by atoms with Crippen LogP contribution in [0.2, 0.25) is 5.02 Å². The van der Waals surface area contributed by atoms with E-state index in [2.05, 4.69) is 15.5 Å². The number of benzene rings is 2. The zero-order valence-electron chi connectivity index (χ0n) is 15.4. The van der Waals surface area contributed by atoms with Gasteiger partial charge in [-0.05, 0) is 35.9 Å². The molecule has 1 heterocycles. The molecule has 0 bridgehead atoms. The molecule has 8 nitrogen and oxygen atoms in total. The Morgan fingerprint density at radius 3 is 2.79 bits per heavy atom. The lowest BCUT2D eigenvalue weighted by Gasteiger charge is -2.12. The highest BCUT2D eigenvalue weighted by Gasteiger charge is 2.13. The maximum Gasteiger partial charge on any atom is 0.313 e. The minimum Gasteiger partial charge on any atom is -0.493 e. The molecule has 0 saturated heterocycles. The molecule has 0 aliphatic carbocycles. The van der Waals surface area contributed by atoms with Crippen LogP contribution in [-0.4, -0.2) is 23.2 Å². The third kappa shape index (κ3) is 5.20. The molecule has 0 fully saturated rings. The van der Waals surface area contributed by atoms with Crippen LogP contribution in [0.5, 0.6) is 11.5 Å². The molecule has 0 spiro atoms. The Balaban J connectivity index is 1.69. The van der Waals surface area contributed by atoms with Crippen LogP contribution >= 0.6 is 11.6 Å². The Bertz CT molecular complexity index is 1040. The van der Waals surface area contributed by atoms with Crippen molar-refractivity contribution >= 4 is 29.3 Å². The van der Waals surface area contributed by atoms with E-state index in [1.54, 1.807) is 24.3 Å². The van der Waals surface area contributed by atoms with Gasteiger partial charge in [0.2, 0.25) is 5.82 Å². The number of hydrazone groups is 1. The van der Waals surface area contributed by atoms with E-state index in [0.717, 1.165) is 5.56 Å². The second kappa shape index (κ2) is 9.52. The summed E-state index contributed by atoms with van der Waals surface area (Å²) in [6, 6.07) is 15.5. The summed E-state index contributed by atoms with van der Waals surface area (Å²) < 4.78 is 11.2. The summed E-state index contributed by atoms with van der Waals surface area (Å²) in [4.78, 5) is 14.4. The van der Waals surface area contributed by atoms with E-state index in [4.69, 9.17) is 21.1 Å². The molecule has 0 saturated carbocycles. The number of nitrogens with zero attached hydrogens (tertiary/aromatic N) is 3.